The van der Waals surface area contributed by atoms with E-state index in [1.54, 1.807) is 0 Å². The predicted molar refractivity (Wildman–Crippen MR) is 229 cm³/mol. The van der Waals surface area contributed by atoms with Crippen molar-refractivity contribution in [3.8, 4) is 62.1 Å². The summed E-state index contributed by atoms with van der Waals surface area (Å²) < 4.78 is 8.77. The molecule has 56 heavy (non-hydrogen) atoms. The lowest BCUT2D eigenvalue weighted by molar-refractivity contribution is 0.670. The van der Waals surface area contributed by atoms with Crippen LogP contribution in [0.1, 0.15) is 0 Å². The highest BCUT2D eigenvalue weighted by atomic mass is 16.3. The van der Waals surface area contributed by atoms with Gasteiger partial charge in [-0.25, -0.2) is 15.0 Å². The second-order valence-corrected chi connectivity index (χ2v) is 14.0. The van der Waals surface area contributed by atoms with Crippen LogP contribution in [0.5, 0.6) is 0 Å². The number of aromatic nitrogens is 4. The standard InChI is InChI=1S/C51H32N4O/c1-3-15-33(16-4-1)49-52-50(54-51(53-49)37-20-12-18-35(32-37)40-26-13-27-42-41-23-8-10-30-46(41)56-48(40)42)36-19-11-17-34(31-36)39-25-14-29-45-47(39)43-24-7-9-28-44(43)55(45)38-21-5-2-6-22-38/h1-32H. The maximum absolute atomic E-state index is 6.42. The highest BCUT2D eigenvalue weighted by Gasteiger charge is 2.18. The maximum Gasteiger partial charge on any atom is 0.164 e. The first kappa shape index (κ1) is 31.9. The van der Waals surface area contributed by atoms with Gasteiger partial charge >= 0.3 is 0 Å². The van der Waals surface area contributed by atoms with E-state index in [1.807, 2.05) is 48.5 Å². The summed E-state index contributed by atoms with van der Waals surface area (Å²) in [7, 11) is 0. The van der Waals surface area contributed by atoms with Crippen molar-refractivity contribution in [1.29, 1.82) is 0 Å². The minimum atomic E-state index is 0.603. The van der Waals surface area contributed by atoms with Gasteiger partial charge < -0.3 is 8.98 Å². The van der Waals surface area contributed by atoms with Gasteiger partial charge in [-0.3, -0.25) is 0 Å². The van der Waals surface area contributed by atoms with E-state index in [0.717, 1.165) is 72.1 Å². The smallest absolute Gasteiger partial charge is 0.164 e. The molecule has 0 saturated carbocycles. The van der Waals surface area contributed by atoms with Crippen molar-refractivity contribution >= 4 is 43.7 Å². The molecule has 5 heteroatoms. The molecule has 262 valence electrons. The van der Waals surface area contributed by atoms with E-state index in [1.165, 1.54) is 16.3 Å². The number of fused-ring (bicyclic) bond motifs is 6. The molecule has 0 aliphatic rings. The van der Waals surface area contributed by atoms with E-state index in [-0.39, 0.29) is 0 Å². The quantitative estimate of drug-likeness (QED) is 0.172. The summed E-state index contributed by atoms with van der Waals surface area (Å²) in [4.78, 5) is 15.3. The lowest BCUT2D eigenvalue weighted by Gasteiger charge is -2.11. The van der Waals surface area contributed by atoms with Crippen LogP contribution in [0.25, 0.3) is 106 Å². The molecule has 0 saturated heterocycles. The number of para-hydroxylation sites is 4. The van der Waals surface area contributed by atoms with Crippen LogP contribution in [-0.2, 0) is 0 Å². The largest absolute Gasteiger partial charge is 0.455 e. The van der Waals surface area contributed by atoms with Gasteiger partial charge in [0.05, 0.1) is 11.0 Å². The molecule has 8 aromatic carbocycles. The Balaban J connectivity index is 1.06. The van der Waals surface area contributed by atoms with Crippen molar-refractivity contribution < 1.29 is 4.42 Å². The van der Waals surface area contributed by atoms with Crippen LogP contribution in [0.3, 0.4) is 0 Å². The van der Waals surface area contributed by atoms with E-state index in [4.69, 9.17) is 19.4 Å². The van der Waals surface area contributed by atoms with Gasteiger partial charge in [0.1, 0.15) is 11.2 Å². The Hall–Kier alpha value is -7.63. The summed E-state index contributed by atoms with van der Waals surface area (Å²) >= 11 is 0. The van der Waals surface area contributed by atoms with E-state index < -0.39 is 0 Å². The first-order valence-electron chi connectivity index (χ1n) is 18.8. The Labute approximate surface area is 322 Å². The summed E-state index contributed by atoms with van der Waals surface area (Å²) in [5.41, 5.74) is 12.2. The second kappa shape index (κ2) is 13.0. The molecule has 0 bridgehead atoms. The van der Waals surface area contributed by atoms with Crippen LogP contribution in [0.2, 0.25) is 0 Å². The van der Waals surface area contributed by atoms with Gasteiger partial charge in [-0.1, -0.05) is 152 Å². The van der Waals surface area contributed by atoms with Gasteiger partial charge in [-0.05, 0) is 59.2 Å². The molecule has 0 amide bonds. The molecule has 3 heterocycles. The fourth-order valence-corrected chi connectivity index (χ4v) is 8.09. The summed E-state index contributed by atoms with van der Waals surface area (Å²) in [6.07, 6.45) is 0. The molecular weight excluding hydrogens is 685 g/mol. The first-order valence-corrected chi connectivity index (χ1v) is 18.8. The number of hydrogen-bond donors (Lipinski definition) is 0. The van der Waals surface area contributed by atoms with Crippen molar-refractivity contribution in [3.63, 3.8) is 0 Å². The topological polar surface area (TPSA) is 56.7 Å². The van der Waals surface area contributed by atoms with E-state index in [2.05, 4.69) is 150 Å². The molecular formula is C51H32N4O. The summed E-state index contributed by atoms with van der Waals surface area (Å²) in [5.74, 6) is 1.83. The molecule has 0 unspecified atom stereocenters. The van der Waals surface area contributed by atoms with Crippen LogP contribution < -0.4 is 0 Å². The first-order chi connectivity index (χ1) is 27.8. The maximum atomic E-state index is 6.42. The fourth-order valence-electron chi connectivity index (χ4n) is 8.09. The van der Waals surface area contributed by atoms with Crippen LogP contribution in [0, 0.1) is 0 Å². The van der Waals surface area contributed by atoms with Crippen LogP contribution in [0.15, 0.2) is 199 Å². The third-order valence-corrected chi connectivity index (χ3v) is 10.6. The van der Waals surface area contributed by atoms with Crippen LogP contribution >= 0.6 is 0 Å². The Morgan fingerprint density at radius 1 is 0.357 bits per heavy atom. The summed E-state index contributed by atoms with van der Waals surface area (Å²) in [5, 5.41) is 4.62. The molecule has 0 aliphatic carbocycles. The number of furan rings is 1. The van der Waals surface area contributed by atoms with E-state index in [0.29, 0.717) is 17.5 Å². The average Bonchev–Trinajstić information content (AvgIpc) is 3.83. The predicted octanol–water partition coefficient (Wildman–Crippen LogP) is 13.2. The van der Waals surface area contributed by atoms with E-state index >= 15 is 0 Å². The van der Waals surface area contributed by atoms with Crippen LogP contribution in [-0.4, -0.2) is 19.5 Å². The van der Waals surface area contributed by atoms with Gasteiger partial charge in [-0.15, -0.1) is 0 Å². The Morgan fingerprint density at radius 2 is 0.857 bits per heavy atom. The lowest BCUT2D eigenvalue weighted by Crippen LogP contribution is -2.00. The summed E-state index contributed by atoms with van der Waals surface area (Å²) in [6.45, 7) is 0. The fraction of sp³-hybridized carbons (Fsp3) is 0. The normalized spacial score (nSPS) is 11.6. The van der Waals surface area contributed by atoms with Gasteiger partial charge in [-0.2, -0.15) is 0 Å². The number of nitrogens with zero attached hydrogens (tertiary/aromatic N) is 4. The molecule has 0 radical (unpaired) electrons. The number of rotatable bonds is 6. The molecule has 0 fully saturated rings. The van der Waals surface area contributed by atoms with Gasteiger partial charge in [0.15, 0.2) is 17.5 Å². The van der Waals surface area contributed by atoms with Gasteiger partial charge in [0, 0.05) is 49.5 Å². The zero-order chi connectivity index (χ0) is 37.0. The highest BCUT2D eigenvalue weighted by molar-refractivity contribution is 6.16. The minimum Gasteiger partial charge on any atom is -0.455 e. The Kier molecular flexibility index (Phi) is 7.42. The Morgan fingerprint density at radius 3 is 1.61 bits per heavy atom. The van der Waals surface area contributed by atoms with Crippen molar-refractivity contribution in [2.45, 2.75) is 0 Å². The molecule has 11 rings (SSSR count). The molecule has 3 aromatic heterocycles. The van der Waals surface area contributed by atoms with Gasteiger partial charge in [0.2, 0.25) is 0 Å². The average molecular weight is 717 g/mol. The Bertz CT molecular complexity index is 3250. The third kappa shape index (κ3) is 5.29. The van der Waals surface area contributed by atoms with Crippen molar-refractivity contribution in [2.75, 3.05) is 0 Å². The molecule has 5 nitrogen and oxygen atoms in total. The molecule has 0 spiro atoms. The molecule has 0 aliphatic heterocycles. The van der Waals surface area contributed by atoms with Crippen LogP contribution in [0.4, 0.5) is 0 Å². The molecule has 0 atom stereocenters. The zero-order valence-electron chi connectivity index (χ0n) is 30.2. The van der Waals surface area contributed by atoms with Gasteiger partial charge in [0.25, 0.3) is 0 Å². The molecule has 0 N–H and O–H groups in total. The van der Waals surface area contributed by atoms with E-state index in [9.17, 15) is 0 Å². The second-order valence-electron chi connectivity index (χ2n) is 14.0. The molecule has 11 aromatic rings. The zero-order valence-corrected chi connectivity index (χ0v) is 30.2. The summed E-state index contributed by atoms with van der Waals surface area (Å²) in [6, 6.07) is 67.4. The number of benzene rings is 8. The third-order valence-electron chi connectivity index (χ3n) is 10.6. The SMILES string of the molecule is c1ccc(-c2nc(-c3cccc(-c4cccc5c4oc4ccccc45)c3)nc(-c3cccc(-c4cccc5c4c4ccccc4n5-c4ccccc4)c3)n2)cc1. The van der Waals surface area contributed by atoms with Crippen molar-refractivity contribution in [2.24, 2.45) is 0 Å². The highest BCUT2D eigenvalue weighted by Crippen LogP contribution is 2.40. The minimum absolute atomic E-state index is 0.603. The monoisotopic (exact) mass is 716 g/mol. The lowest BCUT2D eigenvalue weighted by atomic mass is 9.97. The van der Waals surface area contributed by atoms with Crippen molar-refractivity contribution in [3.05, 3.63) is 194 Å². The number of hydrogen-bond acceptors (Lipinski definition) is 4. The van der Waals surface area contributed by atoms with Crippen molar-refractivity contribution in [1.82, 2.24) is 19.5 Å².